The minimum Gasteiger partial charge on any atom is -0.392 e. The summed E-state index contributed by atoms with van der Waals surface area (Å²) in [5.41, 5.74) is 4.63. The summed E-state index contributed by atoms with van der Waals surface area (Å²) in [5.74, 6) is 0.123. The van der Waals surface area contributed by atoms with Crippen LogP contribution in [0.15, 0.2) is 54.7 Å². The van der Waals surface area contributed by atoms with Gasteiger partial charge in [-0.2, -0.15) is 0 Å². The number of hydrogen-bond donors (Lipinski definition) is 3. The third-order valence-corrected chi connectivity index (χ3v) is 5.57. The molecule has 3 aromatic rings. The SMILES string of the molecule is Cc1ccc(CNC(=O)c2cc(-c3ncccc3CO)ccc2NCC2CC2)cc1F. The number of rotatable bonds is 8. The number of aliphatic hydroxyl groups excluding tert-OH is 1. The van der Waals surface area contributed by atoms with Crippen LogP contribution in [0.4, 0.5) is 10.1 Å². The van der Waals surface area contributed by atoms with Crippen LogP contribution in [0.5, 0.6) is 0 Å². The monoisotopic (exact) mass is 419 g/mol. The van der Waals surface area contributed by atoms with E-state index in [2.05, 4.69) is 15.6 Å². The number of halogens is 1. The van der Waals surface area contributed by atoms with E-state index in [4.69, 9.17) is 0 Å². The van der Waals surface area contributed by atoms with Crippen molar-refractivity contribution in [3.05, 3.63) is 82.8 Å². The summed E-state index contributed by atoms with van der Waals surface area (Å²) in [6, 6.07) is 14.1. The van der Waals surface area contributed by atoms with Gasteiger partial charge in [0.25, 0.3) is 5.91 Å². The Morgan fingerprint density at radius 3 is 2.77 bits per heavy atom. The molecule has 0 saturated heterocycles. The van der Waals surface area contributed by atoms with Gasteiger partial charge in [0, 0.05) is 36.1 Å². The van der Waals surface area contributed by atoms with Gasteiger partial charge in [0.1, 0.15) is 5.82 Å². The molecule has 2 aromatic carbocycles. The fourth-order valence-corrected chi connectivity index (χ4v) is 3.46. The predicted molar refractivity (Wildman–Crippen MR) is 119 cm³/mol. The predicted octanol–water partition coefficient (Wildman–Crippen LogP) is 4.44. The van der Waals surface area contributed by atoms with Gasteiger partial charge in [-0.1, -0.05) is 24.3 Å². The maximum Gasteiger partial charge on any atom is 0.253 e. The number of carbonyl (C=O) groups excluding carboxylic acids is 1. The summed E-state index contributed by atoms with van der Waals surface area (Å²) in [5, 5.41) is 15.9. The van der Waals surface area contributed by atoms with Crippen LogP contribution in [0.3, 0.4) is 0 Å². The maximum absolute atomic E-state index is 13.8. The van der Waals surface area contributed by atoms with Gasteiger partial charge in [-0.3, -0.25) is 9.78 Å². The Kier molecular flexibility index (Phi) is 6.28. The zero-order valence-corrected chi connectivity index (χ0v) is 17.5. The molecule has 0 aliphatic heterocycles. The number of aryl methyl sites for hydroxylation is 1. The van der Waals surface area contributed by atoms with Crippen molar-refractivity contribution in [1.29, 1.82) is 0 Å². The first-order valence-corrected chi connectivity index (χ1v) is 10.5. The van der Waals surface area contributed by atoms with Crippen LogP contribution >= 0.6 is 0 Å². The summed E-state index contributed by atoms with van der Waals surface area (Å²) in [4.78, 5) is 17.5. The van der Waals surface area contributed by atoms with E-state index in [1.54, 1.807) is 31.3 Å². The van der Waals surface area contributed by atoms with Crippen molar-refractivity contribution in [3.63, 3.8) is 0 Å². The van der Waals surface area contributed by atoms with E-state index in [-0.39, 0.29) is 24.9 Å². The van der Waals surface area contributed by atoms with Crippen molar-refractivity contribution < 1.29 is 14.3 Å². The highest BCUT2D eigenvalue weighted by Gasteiger charge is 2.22. The largest absolute Gasteiger partial charge is 0.392 e. The number of hydrogen-bond acceptors (Lipinski definition) is 4. The molecule has 0 bridgehead atoms. The Labute approximate surface area is 181 Å². The lowest BCUT2D eigenvalue weighted by molar-refractivity contribution is 0.0951. The highest BCUT2D eigenvalue weighted by molar-refractivity contribution is 6.00. The van der Waals surface area contributed by atoms with Crippen LogP contribution in [0, 0.1) is 18.7 Å². The van der Waals surface area contributed by atoms with Gasteiger partial charge in [0.15, 0.2) is 0 Å². The van der Waals surface area contributed by atoms with Crippen LogP contribution in [0.1, 0.15) is 39.9 Å². The first-order valence-electron chi connectivity index (χ1n) is 10.5. The molecule has 0 unspecified atom stereocenters. The van der Waals surface area contributed by atoms with Crippen molar-refractivity contribution in [1.82, 2.24) is 10.3 Å². The molecule has 1 aliphatic rings. The third kappa shape index (κ3) is 5.09. The second kappa shape index (κ2) is 9.27. The molecular formula is C25H26FN3O2. The molecule has 3 N–H and O–H groups in total. The molecule has 6 heteroatoms. The molecule has 0 atom stereocenters. The highest BCUT2D eigenvalue weighted by atomic mass is 19.1. The summed E-state index contributed by atoms with van der Waals surface area (Å²) in [7, 11) is 0. The average Bonchev–Trinajstić information content (AvgIpc) is 3.62. The van der Waals surface area contributed by atoms with Crippen LogP contribution in [0.25, 0.3) is 11.3 Å². The zero-order chi connectivity index (χ0) is 21.8. The second-order valence-corrected chi connectivity index (χ2v) is 8.02. The Morgan fingerprint density at radius 2 is 2.03 bits per heavy atom. The summed E-state index contributed by atoms with van der Waals surface area (Å²) in [6.07, 6.45) is 4.08. The van der Waals surface area contributed by atoms with Crippen molar-refractivity contribution >= 4 is 11.6 Å². The number of pyridine rings is 1. The van der Waals surface area contributed by atoms with Crippen LogP contribution in [-0.2, 0) is 13.2 Å². The van der Waals surface area contributed by atoms with Gasteiger partial charge in [0.05, 0.1) is 17.9 Å². The molecule has 1 aromatic heterocycles. The number of amides is 1. The zero-order valence-electron chi connectivity index (χ0n) is 17.5. The molecule has 31 heavy (non-hydrogen) atoms. The van der Waals surface area contributed by atoms with Gasteiger partial charge in [-0.05, 0) is 61.1 Å². The molecule has 1 fully saturated rings. The summed E-state index contributed by atoms with van der Waals surface area (Å²) in [6.45, 7) is 2.63. The van der Waals surface area contributed by atoms with Gasteiger partial charge >= 0.3 is 0 Å². The third-order valence-electron chi connectivity index (χ3n) is 5.57. The van der Waals surface area contributed by atoms with E-state index < -0.39 is 0 Å². The summed E-state index contributed by atoms with van der Waals surface area (Å²) < 4.78 is 13.8. The standard InChI is InChI=1S/C25H26FN3O2/c1-16-4-5-18(11-22(16)26)14-29-25(31)21-12-19(24-20(15-30)3-2-10-27-24)8-9-23(21)28-13-17-6-7-17/h2-5,8-12,17,28,30H,6-7,13-15H2,1H3,(H,29,31). The number of aliphatic hydroxyl groups is 1. The van der Waals surface area contributed by atoms with Crippen molar-refractivity contribution in [2.24, 2.45) is 5.92 Å². The fourth-order valence-electron chi connectivity index (χ4n) is 3.46. The fraction of sp³-hybridized carbons (Fsp3) is 0.280. The van der Waals surface area contributed by atoms with Crippen LogP contribution < -0.4 is 10.6 Å². The molecule has 1 heterocycles. The average molecular weight is 420 g/mol. The number of carbonyl (C=O) groups is 1. The van der Waals surface area contributed by atoms with Crippen LogP contribution in [-0.4, -0.2) is 22.5 Å². The van der Waals surface area contributed by atoms with Gasteiger partial charge in [-0.25, -0.2) is 4.39 Å². The first kappa shape index (κ1) is 21.0. The number of nitrogens with zero attached hydrogens (tertiary/aromatic N) is 1. The Bertz CT molecular complexity index is 1100. The van der Waals surface area contributed by atoms with Crippen molar-refractivity contribution in [2.75, 3.05) is 11.9 Å². The molecule has 5 nitrogen and oxygen atoms in total. The van der Waals surface area contributed by atoms with Gasteiger partial charge in [0.2, 0.25) is 0 Å². The molecule has 0 radical (unpaired) electrons. The Hall–Kier alpha value is -3.25. The Balaban J connectivity index is 1.60. The highest BCUT2D eigenvalue weighted by Crippen LogP contribution is 2.31. The van der Waals surface area contributed by atoms with Crippen molar-refractivity contribution in [3.8, 4) is 11.3 Å². The van der Waals surface area contributed by atoms with E-state index in [0.29, 0.717) is 33.9 Å². The van der Waals surface area contributed by atoms with E-state index in [9.17, 15) is 14.3 Å². The quantitative estimate of drug-likeness (QED) is 0.505. The molecule has 4 rings (SSSR count). The molecule has 0 spiro atoms. The van der Waals surface area contributed by atoms with E-state index >= 15 is 0 Å². The van der Waals surface area contributed by atoms with Crippen LogP contribution in [0.2, 0.25) is 0 Å². The first-order chi connectivity index (χ1) is 15.0. The minimum absolute atomic E-state index is 0.134. The number of aromatic nitrogens is 1. The smallest absolute Gasteiger partial charge is 0.253 e. The maximum atomic E-state index is 13.8. The van der Waals surface area contributed by atoms with E-state index in [1.165, 1.54) is 18.9 Å². The molecule has 1 amide bonds. The minimum atomic E-state index is -0.285. The normalized spacial score (nSPS) is 13.1. The van der Waals surface area contributed by atoms with Gasteiger partial charge < -0.3 is 15.7 Å². The number of benzene rings is 2. The lowest BCUT2D eigenvalue weighted by Crippen LogP contribution is -2.24. The van der Waals surface area contributed by atoms with E-state index in [1.807, 2.05) is 24.3 Å². The molecule has 160 valence electrons. The number of anilines is 1. The lowest BCUT2D eigenvalue weighted by Gasteiger charge is -2.15. The second-order valence-electron chi connectivity index (χ2n) is 8.02. The molecule has 1 saturated carbocycles. The molecule has 1 aliphatic carbocycles. The lowest BCUT2D eigenvalue weighted by atomic mass is 10.0. The topological polar surface area (TPSA) is 74.2 Å². The van der Waals surface area contributed by atoms with Crippen molar-refractivity contribution in [2.45, 2.75) is 32.9 Å². The van der Waals surface area contributed by atoms with Gasteiger partial charge in [-0.15, -0.1) is 0 Å². The Morgan fingerprint density at radius 1 is 1.19 bits per heavy atom. The number of nitrogens with one attached hydrogen (secondary N) is 2. The summed E-state index contributed by atoms with van der Waals surface area (Å²) >= 11 is 0. The van der Waals surface area contributed by atoms with E-state index in [0.717, 1.165) is 17.8 Å². The molecular weight excluding hydrogens is 393 g/mol.